The summed E-state index contributed by atoms with van der Waals surface area (Å²) in [7, 11) is 0. The highest BCUT2D eigenvalue weighted by Crippen LogP contribution is 2.16. The molecule has 0 saturated carbocycles. The van der Waals surface area contributed by atoms with Crippen LogP contribution >= 0.6 is 0 Å². The van der Waals surface area contributed by atoms with Gasteiger partial charge >= 0.3 is 0 Å². The summed E-state index contributed by atoms with van der Waals surface area (Å²) in [5, 5.41) is 4.37. The SMILES string of the molecule is NC(Cc1cccnc1)c1cnn(-c2ccccc2)c1. The number of para-hydroxylation sites is 1. The molecule has 0 saturated heterocycles. The van der Waals surface area contributed by atoms with Gasteiger partial charge in [-0.1, -0.05) is 24.3 Å². The van der Waals surface area contributed by atoms with Crippen LogP contribution in [0.3, 0.4) is 0 Å². The Morgan fingerprint density at radius 3 is 2.65 bits per heavy atom. The molecular formula is C16H16N4. The van der Waals surface area contributed by atoms with Gasteiger partial charge < -0.3 is 5.73 Å². The fourth-order valence-corrected chi connectivity index (χ4v) is 2.14. The molecule has 4 nitrogen and oxygen atoms in total. The van der Waals surface area contributed by atoms with Crippen molar-refractivity contribution in [3.05, 3.63) is 78.4 Å². The maximum absolute atomic E-state index is 6.24. The number of hydrogen-bond acceptors (Lipinski definition) is 3. The fourth-order valence-electron chi connectivity index (χ4n) is 2.14. The van der Waals surface area contributed by atoms with E-state index in [2.05, 4.69) is 10.1 Å². The molecule has 1 aromatic carbocycles. The summed E-state index contributed by atoms with van der Waals surface area (Å²) in [4.78, 5) is 4.11. The molecular weight excluding hydrogens is 248 g/mol. The zero-order valence-corrected chi connectivity index (χ0v) is 11.1. The minimum absolute atomic E-state index is 0.0725. The second kappa shape index (κ2) is 5.67. The Kier molecular flexibility index (Phi) is 3.56. The standard InChI is InChI=1S/C16H16N4/c17-16(9-13-5-4-8-18-10-13)14-11-19-20(12-14)15-6-2-1-3-7-15/h1-8,10-12,16H,9,17H2. The van der Waals surface area contributed by atoms with Gasteiger partial charge in [0.05, 0.1) is 11.9 Å². The molecule has 20 heavy (non-hydrogen) atoms. The van der Waals surface area contributed by atoms with Crippen molar-refractivity contribution < 1.29 is 0 Å². The van der Waals surface area contributed by atoms with E-state index in [-0.39, 0.29) is 6.04 Å². The van der Waals surface area contributed by atoms with Crippen molar-refractivity contribution in [2.24, 2.45) is 5.73 Å². The third-order valence-electron chi connectivity index (χ3n) is 3.23. The van der Waals surface area contributed by atoms with Gasteiger partial charge in [-0.05, 0) is 30.2 Å². The van der Waals surface area contributed by atoms with Gasteiger partial charge in [0, 0.05) is 30.2 Å². The number of pyridine rings is 1. The van der Waals surface area contributed by atoms with Gasteiger partial charge in [-0.2, -0.15) is 5.10 Å². The summed E-state index contributed by atoms with van der Waals surface area (Å²) in [6, 6.07) is 13.9. The molecule has 2 heterocycles. The summed E-state index contributed by atoms with van der Waals surface area (Å²) in [5.74, 6) is 0. The van der Waals surface area contributed by atoms with Crippen molar-refractivity contribution in [2.75, 3.05) is 0 Å². The van der Waals surface area contributed by atoms with Gasteiger partial charge in [-0.15, -0.1) is 0 Å². The van der Waals surface area contributed by atoms with E-state index in [9.17, 15) is 0 Å². The Balaban J connectivity index is 1.77. The molecule has 0 aliphatic rings. The first-order chi connectivity index (χ1) is 9.83. The van der Waals surface area contributed by atoms with E-state index in [1.165, 1.54) is 0 Å². The van der Waals surface area contributed by atoms with Crippen LogP contribution in [0.5, 0.6) is 0 Å². The van der Waals surface area contributed by atoms with Gasteiger partial charge in [-0.3, -0.25) is 4.98 Å². The number of aromatic nitrogens is 3. The molecule has 0 radical (unpaired) electrons. The van der Waals surface area contributed by atoms with E-state index in [1.807, 2.05) is 65.7 Å². The van der Waals surface area contributed by atoms with Crippen LogP contribution in [0.4, 0.5) is 0 Å². The van der Waals surface area contributed by atoms with Crippen LogP contribution in [-0.4, -0.2) is 14.8 Å². The van der Waals surface area contributed by atoms with Crippen LogP contribution in [0.1, 0.15) is 17.2 Å². The molecule has 0 spiro atoms. The fraction of sp³-hybridized carbons (Fsp3) is 0.125. The molecule has 0 amide bonds. The first-order valence-electron chi connectivity index (χ1n) is 6.57. The maximum Gasteiger partial charge on any atom is 0.0645 e. The topological polar surface area (TPSA) is 56.7 Å². The maximum atomic E-state index is 6.24. The molecule has 0 aliphatic carbocycles. The lowest BCUT2D eigenvalue weighted by Crippen LogP contribution is -2.12. The zero-order valence-electron chi connectivity index (χ0n) is 11.1. The van der Waals surface area contributed by atoms with Crippen molar-refractivity contribution in [2.45, 2.75) is 12.5 Å². The summed E-state index contributed by atoms with van der Waals surface area (Å²) in [5.41, 5.74) is 9.43. The minimum atomic E-state index is -0.0725. The Hall–Kier alpha value is -2.46. The lowest BCUT2D eigenvalue weighted by Gasteiger charge is -2.08. The normalized spacial score (nSPS) is 12.2. The molecule has 0 aliphatic heterocycles. The van der Waals surface area contributed by atoms with E-state index in [1.54, 1.807) is 6.20 Å². The van der Waals surface area contributed by atoms with E-state index in [4.69, 9.17) is 5.73 Å². The average molecular weight is 264 g/mol. The quantitative estimate of drug-likeness (QED) is 0.787. The highest BCUT2D eigenvalue weighted by molar-refractivity contribution is 5.31. The number of nitrogens with two attached hydrogens (primary N) is 1. The number of rotatable bonds is 4. The van der Waals surface area contributed by atoms with E-state index in [0.29, 0.717) is 0 Å². The van der Waals surface area contributed by atoms with Crippen molar-refractivity contribution in [1.82, 2.24) is 14.8 Å². The molecule has 3 rings (SSSR count). The monoisotopic (exact) mass is 264 g/mol. The van der Waals surface area contributed by atoms with Crippen LogP contribution < -0.4 is 5.73 Å². The summed E-state index contributed by atoms with van der Waals surface area (Å²) in [6.07, 6.45) is 8.18. The summed E-state index contributed by atoms with van der Waals surface area (Å²) >= 11 is 0. The van der Waals surface area contributed by atoms with E-state index in [0.717, 1.165) is 23.2 Å². The first kappa shape index (κ1) is 12.6. The van der Waals surface area contributed by atoms with Gasteiger partial charge in [0.15, 0.2) is 0 Å². The highest BCUT2D eigenvalue weighted by Gasteiger charge is 2.10. The van der Waals surface area contributed by atoms with Gasteiger partial charge in [0.1, 0.15) is 0 Å². The predicted octanol–water partition coefficient (Wildman–Crippen LogP) is 2.51. The second-order valence-electron chi connectivity index (χ2n) is 4.73. The summed E-state index contributed by atoms with van der Waals surface area (Å²) < 4.78 is 1.85. The molecule has 0 fully saturated rings. The number of hydrogen-bond donors (Lipinski definition) is 1. The molecule has 0 bridgehead atoms. The van der Waals surface area contributed by atoms with Crippen molar-refractivity contribution in [3.63, 3.8) is 0 Å². The predicted molar refractivity (Wildman–Crippen MR) is 78.4 cm³/mol. The molecule has 4 heteroatoms. The molecule has 1 unspecified atom stereocenters. The Bertz CT molecular complexity index is 661. The third-order valence-corrected chi connectivity index (χ3v) is 3.23. The van der Waals surface area contributed by atoms with E-state index >= 15 is 0 Å². The Labute approximate surface area is 117 Å². The van der Waals surface area contributed by atoms with Crippen LogP contribution in [0.15, 0.2) is 67.3 Å². The molecule has 100 valence electrons. The third kappa shape index (κ3) is 2.75. The van der Waals surface area contributed by atoms with Crippen LogP contribution in [0.25, 0.3) is 5.69 Å². The minimum Gasteiger partial charge on any atom is -0.324 e. The average Bonchev–Trinajstić information content (AvgIpc) is 2.99. The van der Waals surface area contributed by atoms with Crippen LogP contribution in [-0.2, 0) is 6.42 Å². The van der Waals surface area contributed by atoms with Gasteiger partial charge in [0.25, 0.3) is 0 Å². The van der Waals surface area contributed by atoms with Gasteiger partial charge in [-0.25, -0.2) is 4.68 Å². The van der Waals surface area contributed by atoms with Crippen LogP contribution in [0, 0.1) is 0 Å². The molecule has 1 atom stereocenters. The molecule has 3 aromatic rings. The Morgan fingerprint density at radius 1 is 1.05 bits per heavy atom. The number of nitrogens with zero attached hydrogens (tertiary/aromatic N) is 3. The smallest absolute Gasteiger partial charge is 0.0645 e. The number of benzene rings is 1. The van der Waals surface area contributed by atoms with Gasteiger partial charge in [0.2, 0.25) is 0 Å². The van der Waals surface area contributed by atoms with Crippen molar-refractivity contribution in [3.8, 4) is 5.69 Å². The molecule has 2 aromatic heterocycles. The van der Waals surface area contributed by atoms with Crippen LogP contribution in [0.2, 0.25) is 0 Å². The first-order valence-corrected chi connectivity index (χ1v) is 6.57. The van der Waals surface area contributed by atoms with Crippen molar-refractivity contribution in [1.29, 1.82) is 0 Å². The van der Waals surface area contributed by atoms with E-state index < -0.39 is 0 Å². The lowest BCUT2D eigenvalue weighted by atomic mass is 10.0. The lowest BCUT2D eigenvalue weighted by molar-refractivity contribution is 0.719. The van der Waals surface area contributed by atoms with Crippen molar-refractivity contribution >= 4 is 0 Å². The highest BCUT2D eigenvalue weighted by atomic mass is 15.3. The molecule has 2 N–H and O–H groups in total. The second-order valence-corrected chi connectivity index (χ2v) is 4.73. The summed E-state index contributed by atoms with van der Waals surface area (Å²) in [6.45, 7) is 0. The largest absolute Gasteiger partial charge is 0.324 e. The zero-order chi connectivity index (χ0) is 13.8. The Morgan fingerprint density at radius 2 is 1.90 bits per heavy atom.